The van der Waals surface area contributed by atoms with Crippen LogP contribution in [0.3, 0.4) is 0 Å². The Morgan fingerprint density at radius 2 is 1.88 bits per heavy atom. The zero-order valence-electron chi connectivity index (χ0n) is 15.8. The molecule has 0 radical (unpaired) electrons. The molecule has 1 fully saturated rings. The lowest BCUT2D eigenvalue weighted by Crippen LogP contribution is -2.44. The Bertz CT molecular complexity index is 382. The van der Waals surface area contributed by atoms with Gasteiger partial charge in [-0.05, 0) is 64.0 Å². The van der Waals surface area contributed by atoms with Gasteiger partial charge in [0.15, 0.2) is 0 Å². The average molecular weight is 363 g/mol. The second-order valence-electron chi connectivity index (χ2n) is 7.52. The van der Waals surface area contributed by atoms with Crippen molar-refractivity contribution in [3.05, 3.63) is 0 Å². The molecule has 1 aliphatic rings. The minimum absolute atomic E-state index is 0. The summed E-state index contributed by atoms with van der Waals surface area (Å²) in [6, 6.07) is -0.540. The first-order chi connectivity index (χ1) is 10.8. The summed E-state index contributed by atoms with van der Waals surface area (Å²) >= 11 is 0. The average Bonchev–Trinajstić information content (AvgIpc) is 2.46. The molecule has 0 spiro atoms. The molecule has 0 aromatic heterocycles. The highest BCUT2D eigenvalue weighted by atomic mass is 35.5. The predicted octanol–water partition coefficient (Wildman–Crippen LogP) is 2.92. The first-order valence-electron chi connectivity index (χ1n) is 9.00. The van der Waals surface area contributed by atoms with Crippen LogP contribution in [0.2, 0.25) is 0 Å². The number of hydrogen-bond donors (Lipinski definition) is 2. The highest BCUT2D eigenvalue weighted by Gasteiger charge is 2.27. The van der Waals surface area contributed by atoms with Gasteiger partial charge in [-0.1, -0.05) is 20.8 Å². The lowest BCUT2D eigenvalue weighted by molar-refractivity contribution is -0.152. The minimum atomic E-state index is -0.540. The third kappa shape index (κ3) is 8.88. The van der Waals surface area contributed by atoms with Gasteiger partial charge >= 0.3 is 5.97 Å². The zero-order chi connectivity index (χ0) is 17.4. The summed E-state index contributed by atoms with van der Waals surface area (Å²) in [6.45, 7) is 11.9. The van der Waals surface area contributed by atoms with Gasteiger partial charge < -0.3 is 15.4 Å². The molecule has 142 valence electrons. The van der Waals surface area contributed by atoms with E-state index in [1.54, 1.807) is 0 Å². The summed E-state index contributed by atoms with van der Waals surface area (Å²) in [5, 5.41) is 6.28. The molecule has 5 nitrogen and oxygen atoms in total. The van der Waals surface area contributed by atoms with E-state index in [9.17, 15) is 9.59 Å². The summed E-state index contributed by atoms with van der Waals surface area (Å²) in [5.74, 6) is 0.813. The summed E-state index contributed by atoms with van der Waals surface area (Å²) in [5.41, 5.74) is 0. The van der Waals surface area contributed by atoms with Crippen LogP contribution in [-0.2, 0) is 14.3 Å². The minimum Gasteiger partial charge on any atom is -0.461 e. The fourth-order valence-corrected chi connectivity index (χ4v) is 3.08. The Morgan fingerprint density at radius 1 is 1.21 bits per heavy atom. The number of esters is 1. The van der Waals surface area contributed by atoms with Crippen LogP contribution in [0.25, 0.3) is 0 Å². The van der Waals surface area contributed by atoms with E-state index in [1.165, 1.54) is 12.8 Å². The molecule has 6 heteroatoms. The van der Waals surface area contributed by atoms with Gasteiger partial charge in [-0.3, -0.25) is 4.79 Å². The highest BCUT2D eigenvalue weighted by Crippen LogP contribution is 2.22. The number of carbonyl (C=O) groups is 2. The molecule has 1 amide bonds. The summed E-state index contributed by atoms with van der Waals surface area (Å²) < 4.78 is 5.27. The number of halogens is 1. The van der Waals surface area contributed by atoms with Crippen LogP contribution in [0.5, 0.6) is 0 Å². The van der Waals surface area contributed by atoms with Crippen LogP contribution >= 0.6 is 12.4 Å². The normalized spacial score (nSPS) is 20.2. The third-order valence-corrected chi connectivity index (χ3v) is 4.33. The van der Waals surface area contributed by atoms with Crippen LogP contribution in [0.15, 0.2) is 0 Å². The van der Waals surface area contributed by atoms with E-state index in [1.807, 2.05) is 27.7 Å². The molecule has 0 aliphatic carbocycles. The summed E-state index contributed by atoms with van der Waals surface area (Å²) in [6.07, 6.45) is 3.26. The van der Waals surface area contributed by atoms with Gasteiger partial charge in [0.1, 0.15) is 6.04 Å². The quantitative estimate of drug-likeness (QED) is 0.651. The van der Waals surface area contributed by atoms with Crippen molar-refractivity contribution < 1.29 is 14.3 Å². The van der Waals surface area contributed by atoms with Gasteiger partial charge in [-0.15, -0.1) is 12.4 Å². The molecule has 1 rings (SSSR count). The van der Waals surface area contributed by atoms with E-state index >= 15 is 0 Å². The Morgan fingerprint density at radius 3 is 2.38 bits per heavy atom. The number of hydrogen-bond acceptors (Lipinski definition) is 4. The lowest BCUT2D eigenvalue weighted by atomic mass is 9.85. The smallest absolute Gasteiger partial charge is 0.328 e. The van der Waals surface area contributed by atoms with Crippen LogP contribution in [0.1, 0.15) is 60.3 Å². The molecule has 1 heterocycles. The second kappa shape index (κ2) is 11.7. The number of piperidine rings is 1. The van der Waals surface area contributed by atoms with Gasteiger partial charge in [-0.2, -0.15) is 0 Å². The zero-order valence-corrected chi connectivity index (χ0v) is 16.6. The summed E-state index contributed by atoms with van der Waals surface area (Å²) in [7, 11) is 0. The summed E-state index contributed by atoms with van der Waals surface area (Å²) in [4.78, 5) is 24.5. The van der Waals surface area contributed by atoms with Gasteiger partial charge in [0.25, 0.3) is 0 Å². The number of rotatable bonds is 8. The maximum Gasteiger partial charge on any atom is 0.328 e. The number of carbonyl (C=O) groups excluding carboxylic acids is 2. The number of nitrogens with one attached hydrogen (secondary N) is 2. The van der Waals surface area contributed by atoms with E-state index < -0.39 is 6.04 Å². The van der Waals surface area contributed by atoms with E-state index in [0.29, 0.717) is 30.6 Å². The molecule has 0 aromatic rings. The SMILES string of the molecule is CC(C)C[C@H](NC(=O)CC(C)C1CCCNC1)C(=O)OC(C)C.Cl. The van der Waals surface area contributed by atoms with Crippen molar-refractivity contribution in [3.8, 4) is 0 Å². The molecule has 0 aromatic carbocycles. The van der Waals surface area contributed by atoms with Crippen LogP contribution in [0.4, 0.5) is 0 Å². The highest BCUT2D eigenvalue weighted by molar-refractivity contribution is 5.85. The van der Waals surface area contributed by atoms with Crippen molar-refractivity contribution in [3.63, 3.8) is 0 Å². The largest absolute Gasteiger partial charge is 0.461 e. The van der Waals surface area contributed by atoms with Crippen molar-refractivity contribution in [2.75, 3.05) is 13.1 Å². The first-order valence-corrected chi connectivity index (χ1v) is 9.00. The third-order valence-electron chi connectivity index (χ3n) is 4.33. The molecule has 0 bridgehead atoms. The van der Waals surface area contributed by atoms with E-state index in [4.69, 9.17) is 4.74 Å². The molecule has 2 N–H and O–H groups in total. The van der Waals surface area contributed by atoms with Crippen molar-refractivity contribution in [1.29, 1.82) is 0 Å². The van der Waals surface area contributed by atoms with Crippen LogP contribution < -0.4 is 10.6 Å². The molecule has 3 atom stereocenters. The second-order valence-corrected chi connectivity index (χ2v) is 7.52. The molecular formula is C18H35ClN2O3. The predicted molar refractivity (Wildman–Crippen MR) is 99.2 cm³/mol. The van der Waals surface area contributed by atoms with E-state index in [2.05, 4.69) is 17.6 Å². The first kappa shape index (κ1) is 23.2. The van der Waals surface area contributed by atoms with Crippen molar-refractivity contribution in [2.24, 2.45) is 17.8 Å². The van der Waals surface area contributed by atoms with E-state index in [-0.39, 0.29) is 30.4 Å². The van der Waals surface area contributed by atoms with Gasteiger partial charge in [0, 0.05) is 6.42 Å². The fraction of sp³-hybridized carbons (Fsp3) is 0.889. The Labute approximate surface area is 153 Å². The molecule has 0 saturated carbocycles. The molecule has 2 unspecified atom stereocenters. The van der Waals surface area contributed by atoms with Crippen LogP contribution in [-0.4, -0.2) is 37.1 Å². The van der Waals surface area contributed by atoms with E-state index in [0.717, 1.165) is 13.1 Å². The number of amides is 1. The standard InChI is InChI=1S/C18H34N2O3.ClH/c1-12(2)9-16(18(22)23-13(3)4)20-17(21)10-14(5)15-7-6-8-19-11-15;/h12-16,19H,6-11H2,1-5H3,(H,20,21);1H/t14?,15?,16-;/m0./s1. The monoisotopic (exact) mass is 362 g/mol. The topological polar surface area (TPSA) is 67.4 Å². The van der Waals surface area contributed by atoms with Gasteiger partial charge in [0.05, 0.1) is 6.10 Å². The maximum absolute atomic E-state index is 12.3. The van der Waals surface area contributed by atoms with Gasteiger partial charge in [0.2, 0.25) is 5.91 Å². The van der Waals surface area contributed by atoms with Crippen LogP contribution in [0, 0.1) is 17.8 Å². The molecular weight excluding hydrogens is 328 g/mol. The fourth-order valence-electron chi connectivity index (χ4n) is 3.08. The lowest BCUT2D eigenvalue weighted by Gasteiger charge is -2.28. The number of ether oxygens (including phenoxy) is 1. The Hall–Kier alpha value is -0.810. The molecule has 1 aliphatic heterocycles. The molecule has 1 saturated heterocycles. The van der Waals surface area contributed by atoms with Crippen molar-refractivity contribution >= 4 is 24.3 Å². The maximum atomic E-state index is 12.3. The van der Waals surface area contributed by atoms with Gasteiger partial charge in [-0.25, -0.2) is 4.79 Å². The molecule has 24 heavy (non-hydrogen) atoms. The Balaban J connectivity index is 0.00000529. The van der Waals surface area contributed by atoms with Crippen molar-refractivity contribution in [1.82, 2.24) is 10.6 Å². The Kier molecular flexibility index (Phi) is 11.3. The van der Waals surface area contributed by atoms with Crippen molar-refractivity contribution in [2.45, 2.75) is 72.4 Å².